The van der Waals surface area contributed by atoms with Gasteiger partial charge in [-0.3, -0.25) is 4.90 Å². The van der Waals surface area contributed by atoms with Gasteiger partial charge in [-0.25, -0.2) is 0 Å². The Labute approximate surface area is 180 Å². The SMILES string of the molecule is CN1CC(C)(C)c2ccc3c(c2C1c1cccc(-c2ccccc2)c1)CC(C)(C)O3. The molecule has 0 saturated carbocycles. The largest absolute Gasteiger partial charge is 0.487 e. The Hall–Kier alpha value is -2.58. The van der Waals surface area contributed by atoms with E-state index in [1.165, 1.54) is 33.4 Å². The molecule has 5 rings (SSSR count). The molecule has 1 unspecified atom stereocenters. The second-order valence-corrected chi connectivity index (χ2v) is 10.2. The molecule has 0 bridgehead atoms. The van der Waals surface area contributed by atoms with Gasteiger partial charge in [0.15, 0.2) is 0 Å². The van der Waals surface area contributed by atoms with Gasteiger partial charge in [-0.2, -0.15) is 0 Å². The summed E-state index contributed by atoms with van der Waals surface area (Å²) in [6, 6.07) is 24.5. The highest BCUT2D eigenvalue weighted by atomic mass is 16.5. The van der Waals surface area contributed by atoms with Crippen LogP contribution in [0.1, 0.15) is 56.0 Å². The highest BCUT2D eigenvalue weighted by molar-refractivity contribution is 5.65. The Morgan fingerprint density at radius 2 is 1.60 bits per heavy atom. The van der Waals surface area contributed by atoms with Crippen molar-refractivity contribution in [1.82, 2.24) is 4.90 Å². The lowest BCUT2D eigenvalue weighted by molar-refractivity contribution is 0.138. The number of rotatable bonds is 2. The Morgan fingerprint density at radius 1 is 0.867 bits per heavy atom. The summed E-state index contributed by atoms with van der Waals surface area (Å²) in [7, 11) is 2.27. The van der Waals surface area contributed by atoms with Crippen LogP contribution in [0.15, 0.2) is 66.7 Å². The molecule has 0 spiro atoms. The Kier molecular flexibility index (Phi) is 4.34. The fraction of sp³-hybridized carbons (Fsp3) is 0.357. The van der Waals surface area contributed by atoms with E-state index in [1.807, 2.05) is 0 Å². The van der Waals surface area contributed by atoms with E-state index in [0.717, 1.165) is 18.7 Å². The predicted octanol–water partition coefficient (Wildman–Crippen LogP) is 6.38. The van der Waals surface area contributed by atoms with Gasteiger partial charge in [0.25, 0.3) is 0 Å². The molecular formula is C28H31NO. The van der Waals surface area contributed by atoms with Crippen molar-refractivity contribution in [2.75, 3.05) is 13.6 Å². The second-order valence-electron chi connectivity index (χ2n) is 10.2. The first-order chi connectivity index (χ1) is 14.3. The molecule has 2 nitrogen and oxygen atoms in total. The van der Waals surface area contributed by atoms with Gasteiger partial charge in [0.1, 0.15) is 11.4 Å². The zero-order valence-corrected chi connectivity index (χ0v) is 18.7. The van der Waals surface area contributed by atoms with E-state index >= 15 is 0 Å². The third kappa shape index (κ3) is 3.15. The maximum absolute atomic E-state index is 6.32. The summed E-state index contributed by atoms with van der Waals surface area (Å²) in [5.41, 5.74) is 8.19. The van der Waals surface area contributed by atoms with Crippen molar-refractivity contribution in [2.24, 2.45) is 0 Å². The minimum atomic E-state index is -0.145. The molecule has 0 fully saturated rings. The van der Waals surface area contributed by atoms with Gasteiger partial charge < -0.3 is 4.74 Å². The Bertz CT molecular complexity index is 1100. The lowest BCUT2D eigenvalue weighted by Crippen LogP contribution is -2.43. The highest BCUT2D eigenvalue weighted by Crippen LogP contribution is 2.49. The molecule has 0 aromatic heterocycles. The fourth-order valence-corrected chi connectivity index (χ4v) is 5.55. The smallest absolute Gasteiger partial charge is 0.123 e. The molecule has 3 aromatic rings. The van der Waals surface area contributed by atoms with Gasteiger partial charge in [-0.1, -0.05) is 68.4 Å². The van der Waals surface area contributed by atoms with Crippen LogP contribution in [0.2, 0.25) is 0 Å². The van der Waals surface area contributed by atoms with Crippen molar-refractivity contribution in [2.45, 2.75) is 51.2 Å². The zero-order chi connectivity index (χ0) is 21.1. The summed E-state index contributed by atoms with van der Waals surface area (Å²) in [6.45, 7) is 10.2. The van der Waals surface area contributed by atoms with Gasteiger partial charge in [0.2, 0.25) is 0 Å². The van der Waals surface area contributed by atoms with Crippen LogP contribution in [-0.4, -0.2) is 24.1 Å². The average molecular weight is 398 g/mol. The summed E-state index contributed by atoms with van der Waals surface area (Å²) in [6.07, 6.45) is 0.963. The van der Waals surface area contributed by atoms with E-state index < -0.39 is 0 Å². The molecule has 1 atom stereocenters. The summed E-state index contributed by atoms with van der Waals surface area (Å²) >= 11 is 0. The van der Waals surface area contributed by atoms with Crippen LogP contribution >= 0.6 is 0 Å². The first-order valence-electron chi connectivity index (χ1n) is 11.0. The van der Waals surface area contributed by atoms with Crippen LogP contribution in [0.3, 0.4) is 0 Å². The molecule has 0 amide bonds. The minimum absolute atomic E-state index is 0.111. The van der Waals surface area contributed by atoms with Crippen molar-refractivity contribution in [3.63, 3.8) is 0 Å². The maximum Gasteiger partial charge on any atom is 0.123 e. The van der Waals surface area contributed by atoms with Gasteiger partial charge in [-0.05, 0) is 60.8 Å². The van der Waals surface area contributed by atoms with Gasteiger partial charge >= 0.3 is 0 Å². The van der Waals surface area contributed by atoms with Crippen LogP contribution in [0, 0.1) is 0 Å². The van der Waals surface area contributed by atoms with Crippen molar-refractivity contribution >= 4 is 0 Å². The Balaban J connectivity index is 1.69. The van der Waals surface area contributed by atoms with Crippen LogP contribution in [0.4, 0.5) is 0 Å². The van der Waals surface area contributed by atoms with E-state index in [4.69, 9.17) is 4.74 Å². The van der Waals surface area contributed by atoms with Crippen LogP contribution in [0.25, 0.3) is 11.1 Å². The number of benzene rings is 3. The average Bonchev–Trinajstić information content (AvgIpc) is 3.02. The molecular weight excluding hydrogens is 366 g/mol. The van der Waals surface area contributed by atoms with E-state index in [2.05, 4.69) is 106 Å². The van der Waals surface area contributed by atoms with Gasteiger partial charge in [-0.15, -0.1) is 0 Å². The molecule has 2 aliphatic heterocycles. The summed E-state index contributed by atoms with van der Waals surface area (Å²) in [5.74, 6) is 1.06. The molecule has 0 N–H and O–H groups in total. The Morgan fingerprint density at radius 3 is 2.37 bits per heavy atom. The van der Waals surface area contributed by atoms with Gasteiger partial charge in [0.05, 0.1) is 6.04 Å². The van der Waals surface area contributed by atoms with Crippen molar-refractivity contribution in [1.29, 1.82) is 0 Å². The standard InChI is InChI=1S/C28H31NO/c1-27(2)18-29(5)26(21-13-9-12-20(16-21)19-10-7-6-8-11-19)25-22-17-28(3,4)30-24(22)15-14-23(25)27/h6-16,26H,17-18H2,1-5H3. The van der Waals surface area contributed by atoms with E-state index in [0.29, 0.717) is 0 Å². The van der Waals surface area contributed by atoms with Crippen LogP contribution in [-0.2, 0) is 11.8 Å². The molecule has 0 aliphatic carbocycles. The highest BCUT2D eigenvalue weighted by Gasteiger charge is 2.42. The lowest BCUT2D eigenvalue weighted by atomic mass is 9.72. The van der Waals surface area contributed by atoms with Crippen molar-refractivity contribution in [3.8, 4) is 16.9 Å². The quantitative estimate of drug-likeness (QED) is 0.497. The van der Waals surface area contributed by atoms with Crippen molar-refractivity contribution in [3.05, 3.63) is 89.0 Å². The van der Waals surface area contributed by atoms with Gasteiger partial charge in [0, 0.05) is 23.9 Å². The number of ether oxygens (including phenoxy) is 1. The maximum atomic E-state index is 6.32. The molecule has 0 saturated heterocycles. The zero-order valence-electron chi connectivity index (χ0n) is 18.7. The van der Waals surface area contributed by atoms with Crippen LogP contribution < -0.4 is 4.74 Å². The van der Waals surface area contributed by atoms with Crippen LogP contribution in [0.5, 0.6) is 5.75 Å². The normalized spacial score (nSPS) is 21.6. The first kappa shape index (κ1) is 19.4. The number of hydrogen-bond acceptors (Lipinski definition) is 2. The summed E-state index contributed by atoms with van der Waals surface area (Å²) in [5, 5.41) is 0. The van der Waals surface area contributed by atoms with E-state index in [9.17, 15) is 0 Å². The number of fused-ring (bicyclic) bond motifs is 3. The molecule has 30 heavy (non-hydrogen) atoms. The second kappa shape index (κ2) is 6.72. The lowest BCUT2D eigenvalue weighted by Gasteiger charge is -2.44. The van der Waals surface area contributed by atoms with Crippen molar-refractivity contribution < 1.29 is 4.74 Å². The predicted molar refractivity (Wildman–Crippen MR) is 124 cm³/mol. The number of likely N-dealkylation sites (N-methyl/N-ethyl adjacent to an activating group) is 1. The summed E-state index contributed by atoms with van der Waals surface area (Å²) in [4.78, 5) is 2.53. The molecule has 2 aliphatic rings. The summed E-state index contributed by atoms with van der Waals surface area (Å²) < 4.78 is 6.32. The first-order valence-corrected chi connectivity index (χ1v) is 11.0. The molecule has 2 heterocycles. The molecule has 2 heteroatoms. The monoisotopic (exact) mass is 397 g/mol. The van der Waals surface area contributed by atoms with E-state index in [-0.39, 0.29) is 17.1 Å². The number of hydrogen-bond donors (Lipinski definition) is 0. The molecule has 0 radical (unpaired) electrons. The fourth-order valence-electron chi connectivity index (χ4n) is 5.55. The third-order valence-corrected chi connectivity index (χ3v) is 6.70. The topological polar surface area (TPSA) is 12.5 Å². The molecule has 3 aromatic carbocycles. The molecule has 154 valence electrons. The third-order valence-electron chi connectivity index (χ3n) is 6.70. The van der Waals surface area contributed by atoms with E-state index in [1.54, 1.807) is 0 Å². The number of nitrogens with zero attached hydrogens (tertiary/aromatic N) is 1. The minimum Gasteiger partial charge on any atom is -0.487 e.